The van der Waals surface area contributed by atoms with Crippen LogP contribution in [0.5, 0.6) is 0 Å². The molecule has 0 spiro atoms. The molecule has 0 saturated heterocycles. The Labute approximate surface area is 74.8 Å². The Bertz CT molecular complexity index is 206. The van der Waals surface area contributed by atoms with Crippen LogP contribution in [0.25, 0.3) is 0 Å². The van der Waals surface area contributed by atoms with Gasteiger partial charge in [0.15, 0.2) is 0 Å². The SMILES string of the molecule is CCN[C@H](C)Cc1ccccc1. The van der Waals surface area contributed by atoms with Gasteiger partial charge in [-0.1, -0.05) is 37.3 Å². The van der Waals surface area contributed by atoms with E-state index in [4.69, 9.17) is 0 Å². The van der Waals surface area contributed by atoms with Crippen LogP contribution in [-0.2, 0) is 6.42 Å². The van der Waals surface area contributed by atoms with Gasteiger partial charge in [0.2, 0.25) is 0 Å². The van der Waals surface area contributed by atoms with E-state index < -0.39 is 0 Å². The maximum Gasteiger partial charge on any atom is 0.00790 e. The Morgan fingerprint density at radius 1 is 1.25 bits per heavy atom. The lowest BCUT2D eigenvalue weighted by Crippen LogP contribution is -2.27. The van der Waals surface area contributed by atoms with Crippen LogP contribution in [0.3, 0.4) is 0 Å². The molecule has 66 valence electrons. The van der Waals surface area contributed by atoms with Gasteiger partial charge in [0.05, 0.1) is 0 Å². The van der Waals surface area contributed by atoms with Gasteiger partial charge in [0.1, 0.15) is 0 Å². The number of likely N-dealkylation sites (N-methyl/N-ethyl adjacent to an activating group) is 1. The molecular formula is C11H17N. The fourth-order valence-electron chi connectivity index (χ4n) is 1.39. The van der Waals surface area contributed by atoms with Gasteiger partial charge < -0.3 is 5.32 Å². The summed E-state index contributed by atoms with van der Waals surface area (Å²) in [6, 6.07) is 11.2. The Hall–Kier alpha value is -0.820. The monoisotopic (exact) mass is 163 g/mol. The highest BCUT2D eigenvalue weighted by Crippen LogP contribution is 2.01. The Balaban J connectivity index is 2.41. The van der Waals surface area contributed by atoms with Gasteiger partial charge in [-0.25, -0.2) is 0 Å². The molecule has 0 aliphatic carbocycles. The quantitative estimate of drug-likeness (QED) is 0.717. The number of nitrogens with one attached hydrogen (secondary N) is 1. The van der Waals surface area contributed by atoms with Gasteiger partial charge >= 0.3 is 0 Å². The summed E-state index contributed by atoms with van der Waals surface area (Å²) in [4.78, 5) is 0. The van der Waals surface area contributed by atoms with E-state index in [0.717, 1.165) is 13.0 Å². The first kappa shape index (κ1) is 9.27. The van der Waals surface area contributed by atoms with E-state index in [-0.39, 0.29) is 0 Å². The lowest BCUT2D eigenvalue weighted by molar-refractivity contribution is 0.565. The molecule has 0 unspecified atom stereocenters. The standard InChI is InChI=1S/C11H17N/c1-3-12-10(2)9-11-7-5-4-6-8-11/h4-8,10,12H,3,9H2,1-2H3/t10-/m1/s1. The van der Waals surface area contributed by atoms with E-state index in [1.165, 1.54) is 5.56 Å². The van der Waals surface area contributed by atoms with Crippen LogP contribution < -0.4 is 5.32 Å². The second-order valence-corrected chi connectivity index (χ2v) is 3.15. The van der Waals surface area contributed by atoms with Gasteiger partial charge in [0, 0.05) is 6.04 Å². The van der Waals surface area contributed by atoms with Crippen LogP contribution in [0.2, 0.25) is 0 Å². The summed E-state index contributed by atoms with van der Waals surface area (Å²) in [5, 5.41) is 3.39. The fraction of sp³-hybridized carbons (Fsp3) is 0.455. The van der Waals surface area contributed by atoms with Crippen molar-refractivity contribution in [3.8, 4) is 0 Å². The largest absolute Gasteiger partial charge is 0.314 e. The molecule has 0 bridgehead atoms. The Morgan fingerprint density at radius 2 is 1.92 bits per heavy atom. The summed E-state index contributed by atoms with van der Waals surface area (Å²) in [6.45, 7) is 5.41. The summed E-state index contributed by atoms with van der Waals surface area (Å²) >= 11 is 0. The third-order valence-electron chi connectivity index (χ3n) is 1.94. The average molecular weight is 163 g/mol. The summed E-state index contributed by atoms with van der Waals surface area (Å²) in [6.07, 6.45) is 1.12. The van der Waals surface area contributed by atoms with Crippen molar-refractivity contribution in [2.75, 3.05) is 6.54 Å². The molecule has 1 aromatic carbocycles. The lowest BCUT2D eigenvalue weighted by atomic mass is 10.1. The number of benzene rings is 1. The molecule has 0 fully saturated rings. The predicted molar refractivity (Wildman–Crippen MR) is 53.3 cm³/mol. The van der Waals surface area contributed by atoms with Gasteiger partial charge in [0.25, 0.3) is 0 Å². The summed E-state index contributed by atoms with van der Waals surface area (Å²) < 4.78 is 0. The van der Waals surface area contributed by atoms with Gasteiger partial charge in [-0.15, -0.1) is 0 Å². The zero-order valence-corrected chi connectivity index (χ0v) is 7.88. The van der Waals surface area contributed by atoms with Crippen molar-refractivity contribution in [3.63, 3.8) is 0 Å². The highest BCUT2D eigenvalue weighted by molar-refractivity contribution is 5.15. The van der Waals surface area contributed by atoms with Crippen molar-refractivity contribution < 1.29 is 0 Å². The zero-order valence-electron chi connectivity index (χ0n) is 7.88. The normalized spacial score (nSPS) is 12.8. The molecule has 0 aliphatic rings. The maximum absolute atomic E-state index is 3.39. The molecule has 0 saturated carbocycles. The molecule has 1 atom stereocenters. The van der Waals surface area contributed by atoms with Crippen LogP contribution in [-0.4, -0.2) is 12.6 Å². The molecule has 0 aliphatic heterocycles. The van der Waals surface area contributed by atoms with Gasteiger partial charge in [-0.3, -0.25) is 0 Å². The number of hydrogen-bond donors (Lipinski definition) is 1. The van der Waals surface area contributed by atoms with Crippen LogP contribution >= 0.6 is 0 Å². The van der Waals surface area contributed by atoms with Crippen molar-refractivity contribution >= 4 is 0 Å². The average Bonchev–Trinajstić information content (AvgIpc) is 2.06. The number of rotatable bonds is 4. The topological polar surface area (TPSA) is 12.0 Å². The van der Waals surface area contributed by atoms with E-state index in [2.05, 4.69) is 49.5 Å². The van der Waals surface area contributed by atoms with Crippen LogP contribution in [0.4, 0.5) is 0 Å². The van der Waals surface area contributed by atoms with E-state index in [1.807, 2.05) is 0 Å². The first-order valence-corrected chi connectivity index (χ1v) is 4.60. The summed E-state index contributed by atoms with van der Waals surface area (Å²) in [5.74, 6) is 0. The van der Waals surface area contributed by atoms with E-state index in [1.54, 1.807) is 0 Å². The second-order valence-electron chi connectivity index (χ2n) is 3.15. The second kappa shape index (κ2) is 4.94. The third kappa shape index (κ3) is 3.05. The van der Waals surface area contributed by atoms with Crippen LogP contribution in [0.1, 0.15) is 19.4 Å². The molecule has 1 heteroatoms. The first-order valence-electron chi connectivity index (χ1n) is 4.60. The van der Waals surface area contributed by atoms with Crippen molar-refractivity contribution in [1.82, 2.24) is 5.32 Å². The lowest BCUT2D eigenvalue weighted by Gasteiger charge is -2.11. The molecular weight excluding hydrogens is 146 g/mol. The number of hydrogen-bond acceptors (Lipinski definition) is 1. The molecule has 0 aromatic heterocycles. The third-order valence-corrected chi connectivity index (χ3v) is 1.94. The first-order chi connectivity index (χ1) is 5.83. The molecule has 1 nitrogen and oxygen atoms in total. The summed E-state index contributed by atoms with van der Waals surface area (Å²) in [5.41, 5.74) is 1.41. The van der Waals surface area contributed by atoms with Crippen molar-refractivity contribution in [2.45, 2.75) is 26.3 Å². The minimum absolute atomic E-state index is 0.581. The maximum atomic E-state index is 3.39. The smallest absolute Gasteiger partial charge is 0.00790 e. The van der Waals surface area contributed by atoms with Gasteiger partial charge in [-0.05, 0) is 25.5 Å². The van der Waals surface area contributed by atoms with E-state index in [9.17, 15) is 0 Å². The molecule has 1 aromatic rings. The van der Waals surface area contributed by atoms with Crippen molar-refractivity contribution in [3.05, 3.63) is 35.9 Å². The molecule has 0 amide bonds. The molecule has 0 heterocycles. The molecule has 1 N–H and O–H groups in total. The van der Waals surface area contributed by atoms with Crippen LogP contribution in [0.15, 0.2) is 30.3 Å². The van der Waals surface area contributed by atoms with Crippen molar-refractivity contribution in [1.29, 1.82) is 0 Å². The fourth-order valence-corrected chi connectivity index (χ4v) is 1.39. The van der Waals surface area contributed by atoms with E-state index >= 15 is 0 Å². The zero-order chi connectivity index (χ0) is 8.81. The minimum Gasteiger partial charge on any atom is -0.314 e. The highest BCUT2D eigenvalue weighted by Gasteiger charge is 1.99. The van der Waals surface area contributed by atoms with E-state index in [0.29, 0.717) is 6.04 Å². The van der Waals surface area contributed by atoms with Gasteiger partial charge in [-0.2, -0.15) is 0 Å². The van der Waals surface area contributed by atoms with Crippen LogP contribution in [0, 0.1) is 0 Å². The van der Waals surface area contributed by atoms with Crippen molar-refractivity contribution in [2.24, 2.45) is 0 Å². The Morgan fingerprint density at radius 3 is 2.50 bits per heavy atom. The summed E-state index contributed by atoms with van der Waals surface area (Å²) in [7, 11) is 0. The molecule has 1 rings (SSSR count). The Kier molecular flexibility index (Phi) is 3.81. The minimum atomic E-state index is 0.581. The highest BCUT2D eigenvalue weighted by atomic mass is 14.9. The molecule has 0 radical (unpaired) electrons. The predicted octanol–water partition coefficient (Wildman–Crippen LogP) is 2.23. The molecule has 12 heavy (non-hydrogen) atoms.